The van der Waals surface area contributed by atoms with Gasteiger partial charge in [-0.15, -0.1) is 0 Å². The second kappa shape index (κ2) is 6.42. The van der Waals surface area contributed by atoms with Gasteiger partial charge in [0, 0.05) is 12.0 Å². The van der Waals surface area contributed by atoms with Crippen LogP contribution in [0.3, 0.4) is 0 Å². The molecule has 2 nitrogen and oxygen atoms in total. The second-order valence-corrected chi connectivity index (χ2v) is 5.69. The maximum atomic E-state index is 5.71. The summed E-state index contributed by atoms with van der Waals surface area (Å²) in [6, 6.07) is 5.13. The van der Waals surface area contributed by atoms with Crippen molar-refractivity contribution in [3.05, 3.63) is 28.8 Å². The third kappa shape index (κ3) is 2.94. The highest BCUT2D eigenvalue weighted by molar-refractivity contribution is 5.47. The number of methoxy groups -OCH3 is 1. The Morgan fingerprint density at radius 2 is 1.95 bits per heavy atom. The first-order valence-electron chi connectivity index (χ1n) is 7.56. The molecule has 2 rings (SSSR count). The van der Waals surface area contributed by atoms with Gasteiger partial charge in [0.1, 0.15) is 5.75 Å². The van der Waals surface area contributed by atoms with Crippen LogP contribution in [0, 0.1) is 13.8 Å². The van der Waals surface area contributed by atoms with Crippen LogP contribution in [0.15, 0.2) is 12.1 Å². The van der Waals surface area contributed by atoms with Crippen molar-refractivity contribution in [1.29, 1.82) is 0 Å². The van der Waals surface area contributed by atoms with Crippen LogP contribution in [0.1, 0.15) is 55.2 Å². The topological polar surface area (TPSA) is 21.3 Å². The quantitative estimate of drug-likeness (QED) is 0.886. The van der Waals surface area contributed by atoms with Crippen molar-refractivity contribution in [2.45, 2.75) is 58.4 Å². The van der Waals surface area contributed by atoms with E-state index in [0.29, 0.717) is 12.0 Å². The van der Waals surface area contributed by atoms with Crippen LogP contribution in [0.2, 0.25) is 0 Å². The zero-order chi connectivity index (χ0) is 13.8. The summed E-state index contributed by atoms with van der Waals surface area (Å²) in [6.45, 7) is 7.57. The van der Waals surface area contributed by atoms with Crippen molar-refractivity contribution in [1.82, 2.24) is 5.32 Å². The van der Waals surface area contributed by atoms with E-state index < -0.39 is 0 Å². The molecule has 0 radical (unpaired) electrons. The molecule has 1 fully saturated rings. The molecule has 2 unspecified atom stereocenters. The Morgan fingerprint density at radius 3 is 2.63 bits per heavy atom. The van der Waals surface area contributed by atoms with Gasteiger partial charge in [-0.3, -0.25) is 0 Å². The number of hydrogen-bond acceptors (Lipinski definition) is 2. The van der Waals surface area contributed by atoms with Crippen molar-refractivity contribution in [2.75, 3.05) is 13.7 Å². The number of likely N-dealkylation sites (N-methyl/N-ethyl adjacent to an activating group) is 1. The highest BCUT2D eigenvalue weighted by Crippen LogP contribution is 2.39. The van der Waals surface area contributed by atoms with E-state index >= 15 is 0 Å². The Morgan fingerprint density at radius 1 is 1.21 bits per heavy atom. The highest BCUT2D eigenvalue weighted by Gasteiger charge is 2.28. The number of aryl methyl sites for hydroxylation is 1. The second-order valence-electron chi connectivity index (χ2n) is 5.69. The molecular weight excluding hydrogens is 234 g/mol. The van der Waals surface area contributed by atoms with Crippen molar-refractivity contribution in [3.8, 4) is 5.75 Å². The third-order valence-corrected chi connectivity index (χ3v) is 4.54. The molecule has 1 aromatic rings. The lowest BCUT2D eigenvalue weighted by atomic mass is 9.78. The number of rotatable bonds is 4. The van der Waals surface area contributed by atoms with Crippen LogP contribution in [0.25, 0.3) is 0 Å². The van der Waals surface area contributed by atoms with Crippen LogP contribution in [0.5, 0.6) is 5.75 Å². The maximum Gasteiger partial charge on any atom is 0.125 e. The van der Waals surface area contributed by atoms with Crippen LogP contribution < -0.4 is 10.1 Å². The van der Waals surface area contributed by atoms with Crippen LogP contribution in [-0.4, -0.2) is 19.7 Å². The highest BCUT2D eigenvalue weighted by atomic mass is 16.5. The molecule has 0 spiro atoms. The SMILES string of the molecule is CCNC1CCCCC1c1ccc(C)c(C)c1OC. The molecule has 0 aliphatic heterocycles. The van der Waals surface area contributed by atoms with Gasteiger partial charge in [-0.05, 0) is 49.9 Å². The van der Waals surface area contributed by atoms with Gasteiger partial charge >= 0.3 is 0 Å². The average molecular weight is 261 g/mol. The zero-order valence-corrected chi connectivity index (χ0v) is 12.8. The van der Waals surface area contributed by atoms with E-state index in [1.165, 1.54) is 42.4 Å². The molecule has 106 valence electrons. The van der Waals surface area contributed by atoms with Crippen molar-refractivity contribution in [2.24, 2.45) is 0 Å². The van der Waals surface area contributed by atoms with Gasteiger partial charge in [-0.25, -0.2) is 0 Å². The lowest BCUT2D eigenvalue weighted by Gasteiger charge is -2.33. The molecule has 0 heterocycles. The molecule has 0 bridgehead atoms. The lowest BCUT2D eigenvalue weighted by Crippen LogP contribution is -2.37. The molecule has 0 saturated heterocycles. The number of nitrogens with one attached hydrogen (secondary N) is 1. The van der Waals surface area contributed by atoms with Gasteiger partial charge in [0.2, 0.25) is 0 Å². The summed E-state index contributed by atoms with van der Waals surface area (Å²) in [7, 11) is 1.80. The molecular formula is C17H27NO. The van der Waals surface area contributed by atoms with E-state index in [0.717, 1.165) is 12.3 Å². The van der Waals surface area contributed by atoms with Crippen molar-refractivity contribution < 1.29 is 4.74 Å². The summed E-state index contributed by atoms with van der Waals surface area (Å²) >= 11 is 0. The first kappa shape index (κ1) is 14.4. The van der Waals surface area contributed by atoms with Gasteiger partial charge in [0.05, 0.1) is 7.11 Å². The fourth-order valence-corrected chi connectivity index (χ4v) is 3.38. The molecule has 1 N–H and O–H groups in total. The van der Waals surface area contributed by atoms with Crippen LogP contribution in [0.4, 0.5) is 0 Å². The Kier molecular flexibility index (Phi) is 4.87. The summed E-state index contributed by atoms with van der Waals surface area (Å²) in [5.41, 5.74) is 4.01. The Hall–Kier alpha value is -1.02. The Balaban J connectivity index is 2.35. The molecule has 2 atom stereocenters. The van der Waals surface area contributed by atoms with Gasteiger partial charge in [-0.2, -0.15) is 0 Å². The monoisotopic (exact) mass is 261 g/mol. The summed E-state index contributed by atoms with van der Waals surface area (Å²) in [6.07, 6.45) is 5.25. The van der Waals surface area contributed by atoms with Gasteiger partial charge in [-0.1, -0.05) is 31.9 Å². The predicted octanol–water partition coefficient (Wildman–Crippen LogP) is 3.95. The van der Waals surface area contributed by atoms with E-state index in [2.05, 4.69) is 38.2 Å². The predicted molar refractivity (Wildman–Crippen MR) is 81.1 cm³/mol. The number of ether oxygens (including phenoxy) is 1. The summed E-state index contributed by atoms with van der Waals surface area (Å²) in [5.74, 6) is 1.71. The molecule has 1 saturated carbocycles. The van der Waals surface area contributed by atoms with E-state index in [1.54, 1.807) is 7.11 Å². The summed E-state index contributed by atoms with van der Waals surface area (Å²) < 4.78 is 5.71. The largest absolute Gasteiger partial charge is 0.496 e. The van der Waals surface area contributed by atoms with E-state index in [9.17, 15) is 0 Å². The van der Waals surface area contributed by atoms with Crippen molar-refractivity contribution in [3.63, 3.8) is 0 Å². The fraction of sp³-hybridized carbons (Fsp3) is 0.647. The average Bonchev–Trinajstić information content (AvgIpc) is 2.43. The molecule has 2 heteroatoms. The standard InChI is InChI=1S/C17H27NO/c1-5-18-16-9-7-6-8-14(16)15-11-10-12(2)13(3)17(15)19-4/h10-11,14,16,18H,5-9H2,1-4H3. The molecule has 0 amide bonds. The zero-order valence-electron chi connectivity index (χ0n) is 12.8. The molecule has 19 heavy (non-hydrogen) atoms. The van der Waals surface area contributed by atoms with Crippen LogP contribution >= 0.6 is 0 Å². The lowest BCUT2D eigenvalue weighted by molar-refractivity contribution is 0.320. The number of hydrogen-bond donors (Lipinski definition) is 1. The maximum absolute atomic E-state index is 5.71. The fourth-order valence-electron chi connectivity index (χ4n) is 3.38. The molecule has 1 aliphatic carbocycles. The molecule has 1 aliphatic rings. The molecule has 1 aromatic carbocycles. The van der Waals surface area contributed by atoms with Gasteiger partial charge < -0.3 is 10.1 Å². The normalized spacial score (nSPS) is 23.4. The minimum Gasteiger partial charge on any atom is -0.496 e. The first-order chi connectivity index (χ1) is 9.19. The summed E-state index contributed by atoms with van der Waals surface area (Å²) in [5, 5.41) is 3.66. The molecule has 0 aromatic heterocycles. The Bertz CT molecular complexity index is 426. The van der Waals surface area contributed by atoms with Gasteiger partial charge in [0.15, 0.2) is 0 Å². The van der Waals surface area contributed by atoms with Crippen molar-refractivity contribution >= 4 is 0 Å². The smallest absolute Gasteiger partial charge is 0.125 e. The Labute approximate surface area is 117 Å². The van der Waals surface area contributed by atoms with E-state index in [-0.39, 0.29) is 0 Å². The van der Waals surface area contributed by atoms with Gasteiger partial charge in [0.25, 0.3) is 0 Å². The first-order valence-corrected chi connectivity index (χ1v) is 7.56. The number of benzene rings is 1. The minimum absolute atomic E-state index is 0.600. The third-order valence-electron chi connectivity index (χ3n) is 4.54. The van der Waals surface area contributed by atoms with E-state index in [1.807, 2.05) is 0 Å². The summed E-state index contributed by atoms with van der Waals surface area (Å²) in [4.78, 5) is 0. The minimum atomic E-state index is 0.600. The van der Waals surface area contributed by atoms with E-state index in [4.69, 9.17) is 4.74 Å². The van der Waals surface area contributed by atoms with Crippen LogP contribution in [-0.2, 0) is 0 Å².